The van der Waals surface area contributed by atoms with Crippen molar-refractivity contribution in [2.24, 2.45) is 0 Å². The molecule has 2 aromatic rings. The average molecular weight is 322 g/mol. The monoisotopic (exact) mass is 322 g/mol. The minimum absolute atomic E-state index is 0.0958. The molecule has 1 unspecified atom stereocenters. The van der Waals surface area contributed by atoms with Crippen LogP contribution in [0, 0.1) is 0 Å². The summed E-state index contributed by atoms with van der Waals surface area (Å²) in [6, 6.07) is 1.39. The van der Waals surface area contributed by atoms with E-state index >= 15 is 0 Å². The van der Waals surface area contributed by atoms with Gasteiger partial charge in [0.25, 0.3) is 0 Å². The van der Waals surface area contributed by atoms with Gasteiger partial charge in [-0.2, -0.15) is 5.21 Å². The Hall–Kier alpha value is -2.49. The largest absolute Gasteiger partial charge is 0.465 e. The van der Waals surface area contributed by atoms with Crippen molar-refractivity contribution in [2.75, 3.05) is 25.5 Å². The van der Waals surface area contributed by atoms with E-state index in [1.807, 2.05) is 0 Å². The highest BCUT2D eigenvalue weighted by molar-refractivity contribution is 7.14. The highest BCUT2D eigenvalue weighted by Crippen LogP contribution is 2.26. The van der Waals surface area contributed by atoms with Gasteiger partial charge in [-0.1, -0.05) is 5.21 Å². The number of carbonyl (C=O) groups is 2. The van der Waals surface area contributed by atoms with E-state index in [9.17, 15) is 9.59 Å². The summed E-state index contributed by atoms with van der Waals surface area (Å²) in [5.41, 5.74) is 0.425. The summed E-state index contributed by atoms with van der Waals surface area (Å²) >= 11 is 1.28. The van der Waals surface area contributed by atoms with Gasteiger partial charge < -0.3 is 9.64 Å². The number of methoxy groups -OCH3 is 1. The minimum Gasteiger partial charge on any atom is -0.465 e. The van der Waals surface area contributed by atoms with Crippen molar-refractivity contribution in [3.63, 3.8) is 0 Å². The molecule has 3 rings (SSSR count). The highest BCUT2D eigenvalue weighted by Gasteiger charge is 2.30. The summed E-state index contributed by atoms with van der Waals surface area (Å²) in [4.78, 5) is 25.3. The Kier molecular flexibility index (Phi) is 4.00. The highest BCUT2D eigenvalue weighted by atomic mass is 32.1. The van der Waals surface area contributed by atoms with E-state index in [1.54, 1.807) is 16.3 Å². The van der Waals surface area contributed by atoms with Crippen molar-refractivity contribution >= 4 is 28.3 Å². The first kappa shape index (κ1) is 14.4. The Bertz CT molecular complexity index is 670. The van der Waals surface area contributed by atoms with Crippen LogP contribution in [-0.2, 0) is 4.74 Å². The molecule has 116 valence electrons. The molecular weight excluding hydrogens is 308 g/mol. The number of rotatable bonds is 3. The number of thiophene rings is 1. The van der Waals surface area contributed by atoms with Crippen molar-refractivity contribution in [3.8, 4) is 0 Å². The fourth-order valence-corrected chi connectivity index (χ4v) is 3.07. The standard InChI is InChI=1S/C12H14N6O3S/c1-21-11(19)8-4-9(22-6-8)13-12(20)18-3-2-7(5-18)10-14-16-17-15-10/h4,6-7H,2-3,5H2,1H3,(H,13,20)(H,14,15,16,17). The third-order valence-electron chi connectivity index (χ3n) is 3.45. The number of nitrogens with zero attached hydrogens (tertiary/aromatic N) is 4. The third kappa shape index (κ3) is 2.91. The molecule has 0 aliphatic carbocycles. The molecule has 0 radical (unpaired) electrons. The van der Waals surface area contributed by atoms with Crippen molar-refractivity contribution in [2.45, 2.75) is 12.3 Å². The molecule has 0 saturated carbocycles. The number of hydrogen-bond donors (Lipinski definition) is 2. The molecule has 0 spiro atoms. The molecule has 2 aromatic heterocycles. The Morgan fingerprint density at radius 1 is 1.55 bits per heavy atom. The fraction of sp³-hybridized carbons (Fsp3) is 0.417. The maximum atomic E-state index is 12.2. The first-order valence-electron chi connectivity index (χ1n) is 6.63. The van der Waals surface area contributed by atoms with E-state index in [4.69, 9.17) is 0 Å². The van der Waals surface area contributed by atoms with Crippen LogP contribution in [0.15, 0.2) is 11.4 Å². The van der Waals surface area contributed by atoms with Crippen LogP contribution in [0.25, 0.3) is 0 Å². The number of tetrazole rings is 1. The van der Waals surface area contributed by atoms with Gasteiger partial charge in [0, 0.05) is 24.4 Å². The Morgan fingerprint density at radius 2 is 2.41 bits per heavy atom. The summed E-state index contributed by atoms with van der Waals surface area (Å²) in [7, 11) is 1.32. The topological polar surface area (TPSA) is 113 Å². The summed E-state index contributed by atoms with van der Waals surface area (Å²) in [6.45, 7) is 1.17. The van der Waals surface area contributed by atoms with Crippen LogP contribution in [0.4, 0.5) is 9.80 Å². The molecule has 1 aliphatic heterocycles. The number of likely N-dealkylation sites (tertiary alicyclic amines) is 1. The van der Waals surface area contributed by atoms with E-state index < -0.39 is 5.97 Å². The molecular formula is C12H14N6O3S. The predicted molar refractivity (Wildman–Crippen MR) is 77.8 cm³/mol. The van der Waals surface area contributed by atoms with Crippen LogP contribution >= 0.6 is 11.3 Å². The molecule has 1 fully saturated rings. The van der Waals surface area contributed by atoms with E-state index in [0.29, 0.717) is 29.5 Å². The number of urea groups is 1. The number of esters is 1. The second kappa shape index (κ2) is 6.10. The Morgan fingerprint density at radius 3 is 3.14 bits per heavy atom. The van der Waals surface area contributed by atoms with Crippen LogP contribution in [0.2, 0.25) is 0 Å². The Balaban J connectivity index is 1.58. The van der Waals surface area contributed by atoms with E-state index in [2.05, 4.69) is 30.7 Å². The van der Waals surface area contributed by atoms with Crippen molar-refractivity contribution in [1.82, 2.24) is 25.5 Å². The maximum absolute atomic E-state index is 12.2. The van der Waals surface area contributed by atoms with Crippen LogP contribution in [0.1, 0.15) is 28.5 Å². The predicted octanol–water partition coefficient (Wildman–Crippen LogP) is 1.07. The zero-order valence-electron chi connectivity index (χ0n) is 11.8. The van der Waals surface area contributed by atoms with Crippen LogP contribution in [0.3, 0.4) is 0 Å². The van der Waals surface area contributed by atoms with Crippen molar-refractivity contribution in [1.29, 1.82) is 0 Å². The zero-order valence-corrected chi connectivity index (χ0v) is 12.6. The molecule has 10 heteroatoms. The molecule has 1 saturated heterocycles. The molecule has 0 bridgehead atoms. The smallest absolute Gasteiger partial charge is 0.338 e. The Labute approximate surface area is 129 Å². The lowest BCUT2D eigenvalue weighted by atomic mass is 10.1. The van der Waals surface area contributed by atoms with Gasteiger partial charge in [-0.3, -0.25) is 5.32 Å². The fourth-order valence-electron chi connectivity index (χ4n) is 2.31. The molecule has 1 atom stereocenters. The van der Waals surface area contributed by atoms with Gasteiger partial charge in [0.2, 0.25) is 0 Å². The maximum Gasteiger partial charge on any atom is 0.338 e. The number of carbonyl (C=O) groups excluding carboxylic acids is 2. The number of nitrogens with one attached hydrogen (secondary N) is 2. The first-order valence-corrected chi connectivity index (χ1v) is 7.51. The second-order valence-electron chi connectivity index (χ2n) is 4.82. The molecule has 0 aromatic carbocycles. The number of amides is 2. The third-order valence-corrected chi connectivity index (χ3v) is 4.30. The summed E-state index contributed by atoms with van der Waals surface area (Å²) in [5.74, 6) is 0.299. The van der Waals surface area contributed by atoms with Crippen molar-refractivity contribution < 1.29 is 14.3 Å². The van der Waals surface area contributed by atoms with Gasteiger partial charge >= 0.3 is 12.0 Å². The van der Waals surface area contributed by atoms with Gasteiger partial charge in [-0.25, -0.2) is 9.59 Å². The van der Waals surface area contributed by atoms with E-state index in [-0.39, 0.29) is 11.9 Å². The van der Waals surface area contributed by atoms with Gasteiger partial charge in [0.05, 0.1) is 17.7 Å². The lowest BCUT2D eigenvalue weighted by molar-refractivity contribution is 0.0601. The molecule has 2 amide bonds. The van der Waals surface area contributed by atoms with Gasteiger partial charge in [-0.05, 0) is 12.5 Å². The molecule has 2 N–H and O–H groups in total. The van der Waals surface area contributed by atoms with Crippen LogP contribution in [0.5, 0.6) is 0 Å². The van der Waals surface area contributed by atoms with Gasteiger partial charge in [0.15, 0.2) is 5.82 Å². The SMILES string of the molecule is COC(=O)c1csc(NC(=O)N2CCC(c3nn[nH]n3)C2)c1. The number of ether oxygens (including phenoxy) is 1. The van der Waals surface area contributed by atoms with Crippen molar-refractivity contribution in [3.05, 3.63) is 22.8 Å². The van der Waals surface area contributed by atoms with Crippen LogP contribution in [-0.4, -0.2) is 57.7 Å². The molecule has 22 heavy (non-hydrogen) atoms. The lowest BCUT2D eigenvalue weighted by Gasteiger charge is -2.15. The summed E-state index contributed by atoms with van der Waals surface area (Å²) < 4.78 is 4.63. The minimum atomic E-state index is -0.421. The van der Waals surface area contributed by atoms with E-state index in [0.717, 1.165) is 6.42 Å². The summed E-state index contributed by atoms with van der Waals surface area (Å²) in [5, 5.41) is 18.9. The number of hydrogen-bond acceptors (Lipinski definition) is 7. The first-order chi connectivity index (χ1) is 10.7. The second-order valence-corrected chi connectivity index (χ2v) is 5.73. The average Bonchev–Trinajstić information content (AvgIpc) is 3.25. The normalized spacial score (nSPS) is 17.5. The van der Waals surface area contributed by atoms with Gasteiger partial charge in [0.1, 0.15) is 0 Å². The molecule has 3 heterocycles. The van der Waals surface area contributed by atoms with Crippen LogP contribution < -0.4 is 5.32 Å². The number of aromatic amines is 1. The van der Waals surface area contributed by atoms with Gasteiger partial charge in [-0.15, -0.1) is 21.5 Å². The quantitative estimate of drug-likeness (QED) is 0.817. The number of H-pyrrole nitrogens is 1. The molecule has 1 aliphatic rings. The molecule has 9 nitrogen and oxygen atoms in total. The zero-order chi connectivity index (χ0) is 15.5. The van der Waals surface area contributed by atoms with E-state index in [1.165, 1.54) is 18.4 Å². The lowest BCUT2D eigenvalue weighted by Crippen LogP contribution is -2.32. The summed E-state index contributed by atoms with van der Waals surface area (Å²) in [6.07, 6.45) is 0.796. The number of aromatic nitrogens is 4. The number of anilines is 1.